The molecule has 5 nitrogen and oxygen atoms in total. The van der Waals surface area contributed by atoms with Gasteiger partial charge < -0.3 is 5.11 Å². The van der Waals surface area contributed by atoms with Gasteiger partial charge in [-0.05, 0) is 44.9 Å². The van der Waals surface area contributed by atoms with Gasteiger partial charge in [-0.25, -0.2) is 8.42 Å². The zero-order valence-electron chi connectivity index (χ0n) is 11.8. The van der Waals surface area contributed by atoms with Gasteiger partial charge in [0.25, 0.3) is 0 Å². The lowest BCUT2D eigenvalue weighted by molar-refractivity contribution is -0.145. The van der Waals surface area contributed by atoms with Crippen molar-refractivity contribution in [3.05, 3.63) is 29.3 Å². The van der Waals surface area contributed by atoms with Crippen LogP contribution in [0.4, 0.5) is 0 Å². The Morgan fingerprint density at radius 1 is 1.26 bits per heavy atom. The Morgan fingerprint density at radius 2 is 1.79 bits per heavy atom. The summed E-state index contributed by atoms with van der Waals surface area (Å²) < 4.78 is 25.9. The summed E-state index contributed by atoms with van der Waals surface area (Å²) in [6.45, 7) is 6.20. The number of hydrogen-bond acceptors (Lipinski definition) is 3. The lowest BCUT2D eigenvalue weighted by Gasteiger charge is -2.31. The SMILES string of the molecule is Cc1ccc(C)c(S(=O)(=O)N(C)C(C)(C)C(=O)O)c1. The van der Waals surface area contributed by atoms with Crippen LogP contribution >= 0.6 is 0 Å². The van der Waals surface area contributed by atoms with Crippen LogP contribution in [0.2, 0.25) is 0 Å². The molecule has 1 N–H and O–H groups in total. The van der Waals surface area contributed by atoms with Crippen LogP contribution < -0.4 is 0 Å². The third kappa shape index (κ3) is 2.79. The molecule has 0 heterocycles. The minimum Gasteiger partial charge on any atom is -0.480 e. The van der Waals surface area contributed by atoms with Gasteiger partial charge in [0.1, 0.15) is 5.54 Å². The number of carbonyl (C=O) groups is 1. The van der Waals surface area contributed by atoms with E-state index < -0.39 is 21.5 Å². The van der Waals surface area contributed by atoms with Gasteiger partial charge in [-0.15, -0.1) is 0 Å². The van der Waals surface area contributed by atoms with Gasteiger partial charge in [-0.1, -0.05) is 12.1 Å². The van der Waals surface area contributed by atoms with Gasteiger partial charge >= 0.3 is 5.97 Å². The summed E-state index contributed by atoms with van der Waals surface area (Å²) >= 11 is 0. The van der Waals surface area contributed by atoms with Crippen molar-refractivity contribution in [1.29, 1.82) is 0 Å². The molecule has 6 heteroatoms. The van der Waals surface area contributed by atoms with E-state index in [1.54, 1.807) is 26.0 Å². The van der Waals surface area contributed by atoms with E-state index in [1.165, 1.54) is 20.9 Å². The second-order valence-corrected chi connectivity index (χ2v) is 7.04. The Labute approximate surface area is 113 Å². The maximum absolute atomic E-state index is 12.5. The van der Waals surface area contributed by atoms with Crippen molar-refractivity contribution in [3.8, 4) is 0 Å². The quantitative estimate of drug-likeness (QED) is 0.915. The van der Waals surface area contributed by atoms with Gasteiger partial charge in [-0.2, -0.15) is 4.31 Å². The highest BCUT2D eigenvalue weighted by Gasteiger charge is 2.40. The number of nitrogens with zero attached hydrogens (tertiary/aromatic N) is 1. The number of rotatable bonds is 4. The van der Waals surface area contributed by atoms with Gasteiger partial charge in [0.05, 0.1) is 4.90 Å². The molecule has 0 bridgehead atoms. The topological polar surface area (TPSA) is 74.7 Å². The van der Waals surface area contributed by atoms with Crippen LogP contribution in [0.3, 0.4) is 0 Å². The normalized spacial score (nSPS) is 12.7. The first kappa shape index (κ1) is 15.7. The van der Waals surface area contributed by atoms with Crippen molar-refractivity contribution in [2.75, 3.05) is 7.05 Å². The van der Waals surface area contributed by atoms with Crippen LogP contribution in [0.5, 0.6) is 0 Å². The average Bonchev–Trinajstić information content (AvgIpc) is 2.30. The summed E-state index contributed by atoms with van der Waals surface area (Å²) in [5.74, 6) is -1.19. The second-order valence-electron chi connectivity index (χ2n) is 5.11. The summed E-state index contributed by atoms with van der Waals surface area (Å²) in [6.07, 6.45) is 0. The second kappa shape index (κ2) is 4.94. The van der Waals surface area contributed by atoms with Crippen LogP contribution in [0.15, 0.2) is 23.1 Å². The highest BCUT2D eigenvalue weighted by atomic mass is 32.2. The molecule has 0 saturated heterocycles. The smallest absolute Gasteiger partial charge is 0.324 e. The van der Waals surface area contributed by atoms with Crippen molar-refractivity contribution in [2.24, 2.45) is 0 Å². The fourth-order valence-corrected chi connectivity index (χ4v) is 3.35. The largest absolute Gasteiger partial charge is 0.480 e. The van der Waals surface area contributed by atoms with Gasteiger partial charge in [0.15, 0.2) is 0 Å². The first-order valence-corrected chi connectivity index (χ1v) is 7.25. The predicted octanol–water partition coefficient (Wildman–Crippen LogP) is 1.79. The molecular weight excluding hydrogens is 266 g/mol. The van der Waals surface area contributed by atoms with Gasteiger partial charge in [-0.3, -0.25) is 4.79 Å². The van der Waals surface area contributed by atoms with E-state index in [1.807, 2.05) is 6.07 Å². The summed E-state index contributed by atoms with van der Waals surface area (Å²) in [5.41, 5.74) is -0.0981. The van der Waals surface area contributed by atoms with Crippen LogP contribution in [0.1, 0.15) is 25.0 Å². The standard InChI is InChI=1S/C13H19NO4S/c1-9-6-7-10(2)11(8-9)19(17,18)14(5)13(3,4)12(15)16/h6-8H,1-5H3,(H,15,16). The zero-order valence-corrected chi connectivity index (χ0v) is 12.6. The Hall–Kier alpha value is -1.40. The molecule has 1 rings (SSSR count). The van der Waals surface area contributed by atoms with Crippen molar-refractivity contribution < 1.29 is 18.3 Å². The molecule has 106 valence electrons. The van der Waals surface area contributed by atoms with Crippen molar-refractivity contribution in [2.45, 2.75) is 38.1 Å². The number of likely N-dealkylation sites (N-methyl/N-ethyl adjacent to an activating group) is 1. The summed E-state index contributed by atoms with van der Waals surface area (Å²) in [5, 5.41) is 9.14. The molecule has 0 aliphatic carbocycles. The lowest BCUT2D eigenvalue weighted by atomic mass is 10.1. The van der Waals surface area contributed by atoms with E-state index in [0.29, 0.717) is 5.56 Å². The summed E-state index contributed by atoms with van der Waals surface area (Å²) in [6, 6.07) is 5.08. The van der Waals surface area contributed by atoms with E-state index in [-0.39, 0.29) is 4.90 Å². The Kier molecular flexibility index (Phi) is 4.07. The molecule has 1 aromatic rings. The summed E-state index contributed by atoms with van der Waals surface area (Å²) in [7, 11) is -2.56. The molecule has 0 fully saturated rings. The Bertz CT molecular complexity index is 605. The molecule has 19 heavy (non-hydrogen) atoms. The first-order chi connectivity index (χ1) is 8.51. The highest BCUT2D eigenvalue weighted by molar-refractivity contribution is 7.89. The van der Waals surface area contributed by atoms with E-state index in [2.05, 4.69) is 0 Å². The van der Waals surface area contributed by atoms with Crippen LogP contribution in [0, 0.1) is 13.8 Å². The van der Waals surface area contributed by atoms with Crippen molar-refractivity contribution in [1.82, 2.24) is 4.31 Å². The molecule has 1 aromatic carbocycles. The number of hydrogen-bond donors (Lipinski definition) is 1. The average molecular weight is 285 g/mol. The van der Waals surface area contributed by atoms with Crippen LogP contribution in [-0.4, -0.2) is 36.4 Å². The molecule has 0 atom stereocenters. The molecule has 0 spiro atoms. The van der Waals surface area contributed by atoms with Crippen molar-refractivity contribution in [3.63, 3.8) is 0 Å². The van der Waals surface area contributed by atoms with E-state index >= 15 is 0 Å². The van der Waals surface area contributed by atoms with Crippen LogP contribution in [-0.2, 0) is 14.8 Å². The zero-order chi connectivity index (χ0) is 15.0. The van der Waals surface area contributed by atoms with E-state index in [9.17, 15) is 13.2 Å². The van der Waals surface area contributed by atoms with Crippen LogP contribution in [0.25, 0.3) is 0 Å². The monoisotopic (exact) mass is 285 g/mol. The Morgan fingerprint density at radius 3 is 2.26 bits per heavy atom. The molecule has 0 aromatic heterocycles. The highest BCUT2D eigenvalue weighted by Crippen LogP contribution is 2.26. The minimum atomic E-state index is -3.84. The third-order valence-corrected chi connectivity index (χ3v) is 5.47. The fraction of sp³-hybridized carbons (Fsp3) is 0.462. The number of sulfonamides is 1. The Balaban J connectivity index is 3.40. The number of aliphatic carboxylic acids is 1. The van der Waals surface area contributed by atoms with Gasteiger partial charge in [0, 0.05) is 7.05 Å². The molecule has 0 aliphatic heterocycles. The number of carboxylic acid groups (broad SMARTS) is 1. The maximum atomic E-state index is 12.5. The predicted molar refractivity (Wildman–Crippen MR) is 72.6 cm³/mol. The maximum Gasteiger partial charge on any atom is 0.324 e. The van der Waals surface area contributed by atoms with Gasteiger partial charge in [0.2, 0.25) is 10.0 Å². The summed E-state index contributed by atoms with van der Waals surface area (Å²) in [4.78, 5) is 11.3. The first-order valence-electron chi connectivity index (χ1n) is 5.81. The molecule has 0 aliphatic rings. The molecule has 0 unspecified atom stereocenters. The van der Waals surface area contributed by atoms with Crippen molar-refractivity contribution >= 4 is 16.0 Å². The molecule has 0 radical (unpaired) electrons. The fourth-order valence-electron chi connectivity index (χ4n) is 1.57. The minimum absolute atomic E-state index is 0.143. The number of aryl methyl sites for hydroxylation is 2. The number of benzene rings is 1. The van der Waals surface area contributed by atoms with E-state index in [4.69, 9.17) is 5.11 Å². The number of carboxylic acids is 1. The molecule has 0 saturated carbocycles. The lowest BCUT2D eigenvalue weighted by Crippen LogP contribution is -2.50. The molecular formula is C13H19NO4S. The molecule has 0 amide bonds. The van der Waals surface area contributed by atoms with E-state index in [0.717, 1.165) is 9.87 Å². The third-order valence-electron chi connectivity index (χ3n) is 3.29.